The summed E-state index contributed by atoms with van der Waals surface area (Å²) in [5, 5.41) is 5.50. The minimum absolute atomic E-state index is 0.0451. The molecule has 1 saturated heterocycles. The normalized spacial score (nSPS) is 14.2. The van der Waals surface area contributed by atoms with E-state index in [4.69, 9.17) is 14.2 Å². The van der Waals surface area contributed by atoms with E-state index in [0.29, 0.717) is 17.2 Å². The van der Waals surface area contributed by atoms with E-state index in [1.54, 1.807) is 42.5 Å². The molecule has 1 heterocycles. The van der Waals surface area contributed by atoms with Crippen LogP contribution in [-0.2, 0) is 9.53 Å². The highest BCUT2D eigenvalue weighted by molar-refractivity contribution is 5.98. The summed E-state index contributed by atoms with van der Waals surface area (Å²) in [6.45, 7) is -0.341. The molecule has 0 aromatic heterocycles. The number of methoxy groups -OCH3 is 2. The maximum Gasteiger partial charge on any atom is 0.417 e. The number of amides is 4. The first-order chi connectivity index (χ1) is 14.0. The number of nitrogens with zero attached hydrogens (tertiary/aromatic N) is 1. The summed E-state index contributed by atoms with van der Waals surface area (Å²) in [4.78, 5) is 37.3. The zero-order chi connectivity index (χ0) is 20.8. The Bertz CT molecular complexity index is 864. The van der Waals surface area contributed by atoms with Gasteiger partial charge in [-0.2, -0.15) is 0 Å². The van der Waals surface area contributed by atoms with Gasteiger partial charge in [-0.05, 0) is 5.56 Å². The Morgan fingerprint density at radius 3 is 2.31 bits per heavy atom. The van der Waals surface area contributed by atoms with E-state index in [-0.39, 0.29) is 13.2 Å². The lowest BCUT2D eigenvalue weighted by Crippen LogP contribution is -2.41. The first kappa shape index (κ1) is 20.0. The van der Waals surface area contributed by atoms with Crippen LogP contribution >= 0.6 is 0 Å². The van der Waals surface area contributed by atoms with Crippen molar-refractivity contribution in [1.29, 1.82) is 0 Å². The summed E-state index contributed by atoms with van der Waals surface area (Å²) in [5.74, 6) is 0.588. The highest BCUT2D eigenvalue weighted by atomic mass is 16.6. The second kappa shape index (κ2) is 8.96. The third-order valence-corrected chi connectivity index (χ3v) is 4.32. The molecular formula is C20H21N3O6. The highest BCUT2D eigenvalue weighted by Crippen LogP contribution is 2.26. The molecule has 3 rings (SSSR count). The van der Waals surface area contributed by atoms with Crippen molar-refractivity contribution in [2.75, 3.05) is 32.7 Å². The lowest BCUT2D eigenvalue weighted by Gasteiger charge is -2.23. The van der Waals surface area contributed by atoms with Gasteiger partial charge in [-0.1, -0.05) is 30.3 Å². The summed E-state index contributed by atoms with van der Waals surface area (Å²) in [5.41, 5.74) is 1.19. The zero-order valence-corrected chi connectivity index (χ0v) is 16.0. The van der Waals surface area contributed by atoms with E-state index >= 15 is 0 Å². The number of anilines is 1. The number of rotatable bonds is 7. The quantitative estimate of drug-likeness (QED) is 0.741. The van der Waals surface area contributed by atoms with Crippen LogP contribution in [0.2, 0.25) is 0 Å². The fourth-order valence-corrected chi connectivity index (χ4v) is 2.86. The molecule has 4 amide bonds. The first-order valence-corrected chi connectivity index (χ1v) is 8.83. The Morgan fingerprint density at radius 1 is 1.10 bits per heavy atom. The average molecular weight is 399 g/mol. The van der Waals surface area contributed by atoms with Crippen molar-refractivity contribution in [3.8, 4) is 11.5 Å². The van der Waals surface area contributed by atoms with Crippen molar-refractivity contribution >= 4 is 23.7 Å². The topological polar surface area (TPSA) is 106 Å². The third kappa shape index (κ3) is 4.95. The molecule has 1 aliphatic heterocycles. The SMILES string of the molecule is COc1cc(NC(=O)NC(CN2C(=O)COC2=O)c2ccccc2)cc(OC)c1. The van der Waals surface area contributed by atoms with Crippen LogP contribution in [0.1, 0.15) is 11.6 Å². The molecule has 2 N–H and O–H groups in total. The molecule has 9 heteroatoms. The van der Waals surface area contributed by atoms with E-state index in [2.05, 4.69) is 10.6 Å². The fraction of sp³-hybridized carbons (Fsp3) is 0.250. The summed E-state index contributed by atoms with van der Waals surface area (Å²) >= 11 is 0. The first-order valence-electron chi connectivity index (χ1n) is 8.83. The van der Waals surface area contributed by atoms with Gasteiger partial charge in [0.1, 0.15) is 11.5 Å². The predicted molar refractivity (Wildman–Crippen MR) is 104 cm³/mol. The van der Waals surface area contributed by atoms with E-state index in [0.717, 1.165) is 10.5 Å². The van der Waals surface area contributed by atoms with Gasteiger partial charge in [0, 0.05) is 23.9 Å². The summed E-state index contributed by atoms with van der Waals surface area (Å²) in [7, 11) is 3.02. The smallest absolute Gasteiger partial charge is 0.417 e. The lowest BCUT2D eigenvalue weighted by molar-refractivity contribution is -0.126. The number of hydrogen-bond acceptors (Lipinski definition) is 6. The van der Waals surface area contributed by atoms with Gasteiger partial charge in [0.15, 0.2) is 6.61 Å². The van der Waals surface area contributed by atoms with Crippen molar-refractivity contribution in [2.45, 2.75) is 6.04 Å². The number of benzene rings is 2. The van der Waals surface area contributed by atoms with Crippen LogP contribution < -0.4 is 20.1 Å². The Balaban J connectivity index is 1.76. The molecule has 1 atom stereocenters. The molecule has 0 bridgehead atoms. The number of imide groups is 1. The van der Waals surface area contributed by atoms with Gasteiger partial charge in [-0.3, -0.25) is 4.79 Å². The molecule has 0 spiro atoms. The van der Waals surface area contributed by atoms with Crippen LogP contribution in [0.4, 0.5) is 15.3 Å². The molecule has 0 saturated carbocycles. The van der Waals surface area contributed by atoms with Crippen LogP contribution in [-0.4, -0.2) is 50.3 Å². The van der Waals surface area contributed by atoms with Gasteiger partial charge in [-0.15, -0.1) is 0 Å². The summed E-state index contributed by atoms with van der Waals surface area (Å²) in [6, 6.07) is 12.8. The molecule has 9 nitrogen and oxygen atoms in total. The number of ether oxygens (including phenoxy) is 3. The van der Waals surface area contributed by atoms with E-state index in [9.17, 15) is 14.4 Å². The van der Waals surface area contributed by atoms with Gasteiger partial charge in [0.05, 0.1) is 26.8 Å². The van der Waals surface area contributed by atoms with Crippen molar-refractivity contribution in [2.24, 2.45) is 0 Å². The van der Waals surface area contributed by atoms with Crippen LogP contribution in [0.5, 0.6) is 11.5 Å². The molecule has 0 radical (unpaired) electrons. The molecule has 1 aliphatic rings. The molecule has 0 aliphatic carbocycles. The van der Waals surface area contributed by atoms with Crippen molar-refractivity contribution in [1.82, 2.24) is 10.2 Å². The van der Waals surface area contributed by atoms with Gasteiger partial charge in [0.25, 0.3) is 5.91 Å². The average Bonchev–Trinajstić information content (AvgIpc) is 3.05. The summed E-state index contributed by atoms with van der Waals surface area (Å²) < 4.78 is 15.1. The van der Waals surface area contributed by atoms with E-state index in [1.807, 2.05) is 6.07 Å². The predicted octanol–water partition coefficient (Wildman–Crippen LogP) is 2.55. The number of urea groups is 1. The Morgan fingerprint density at radius 2 is 1.76 bits per heavy atom. The van der Waals surface area contributed by atoms with E-state index < -0.39 is 24.1 Å². The zero-order valence-electron chi connectivity index (χ0n) is 16.0. The molecule has 1 fully saturated rings. The minimum Gasteiger partial charge on any atom is -0.497 e. The van der Waals surface area contributed by atoms with E-state index in [1.165, 1.54) is 14.2 Å². The number of carbonyl (C=O) groups excluding carboxylic acids is 3. The third-order valence-electron chi connectivity index (χ3n) is 4.32. The van der Waals surface area contributed by atoms with Crippen molar-refractivity contribution in [3.63, 3.8) is 0 Å². The Hall–Kier alpha value is -3.75. The minimum atomic E-state index is -0.726. The molecule has 29 heavy (non-hydrogen) atoms. The molecule has 1 unspecified atom stereocenters. The van der Waals surface area contributed by atoms with Gasteiger partial charge < -0.3 is 24.8 Å². The van der Waals surface area contributed by atoms with Crippen molar-refractivity contribution in [3.05, 3.63) is 54.1 Å². The van der Waals surface area contributed by atoms with Gasteiger partial charge in [0.2, 0.25) is 0 Å². The second-order valence-electron chi connectivity index (χ2n) is 6.22. The number of nitrogens with one attached hydrogen (secondary N) is 2. The molecule has 152 valence electrons. The molecular weight excluding hydrogens is 378 g/mol. The summed E-state index contributed by atoms with van der Waals surface area (Å²) in [6.07, 6.45) is -0.726. The van der Waals surface area contributed by atoms with Gasteiger partial charge in [-0.25, -0.2) is 14.5 Å². The van der Waals surface area contributed by atoms with Crippen LogP contribution in [0.3, 0.4) is 0 Å². The second-order valence-corrected chi connectivity index (χ2v) is 6.22. The number of carbonyl (C=O) groups is 3. The lowest BCUT2D eigenvalue weighted by atomic mass is 10.1. The molecule has 2 aromatic rings. The highest BCUT2D eigenvalue weighted by Gasteiger charge is 2.33. The largest absolute Gasteiger partial charge is 0.497 e. The standard InChI is InChI=1S/C20H21N3O6/c1-27-15-8-14(9-16(10-15)28-2)21-19(25)22-17(13-6-4-3-5-7-13)11-23-18(24)12-29-20(23)26/h3-10,17H,11-12H2,1-2H3,(H2,21,22,25). The van der Waals surface area contributed by atoms with Crippen LogP contribution in [0, 0.1) is 0 Å². The molecule has 2 aromatic carbocycles. The van der Waals surface area contributed by atoms with Crippen molar-refractivity contribution < 1.29 is 28.6 Å². The van der Waals surface area contributed by atoms with Crippen LogP contribution in [0.15, 0.2) is 48.5 Å². The van der Waals surface area contributed by atoms with Crippen LogP contribution in [0.25, 0.3) is 0 Å². The maximum atomic E-state index is 12.6. The Labute approximate surface area is 167 Å². The fourth-order valence-electron chi connectivity index (χ4n) is 2.86. The maximum absolute atomic E-state index is 12.6. The monoisotopic (exact) mass is 399 g/mol. The van der Waals surface area contributed by atoms with Gasteiger partial charge >= 0.3 is 12.1 Å². The number of cyclic esters (lactones) is 1. The Kier molecular flexibility index (Phi) is 6.18. The number of hydrogen-bond donors (Lipinski definition) is 2.